The molecule has 7 heteroatoms. The predicted molar refractivity (Wildman–Crippen MR) is 68.1 cm³/mol. The monoisotopic (exact) mass is 285 g/mol. The van der Waals surface area contributed by atoms with Crippen LogP contribution in [0.5, 0.6) is 0 Å². The van der Waals surface area contributed by atoms with Crippen LogP contribution in [0.3, 0.4) is 0 Å². The van der Waals surface area contributed by atoms with Crippen LogP contribution >= 0.6 is 11.6 Å². The lowest BCUT2D eigenvalue weighted by molar-refractivity contribution is 0.573. The van der Waals surface area contributed by atoms with Crippen molar-refractivity contribution in [2.45, 2.75) is 24.4 Å². The molecule has 2 aromatic rings. The highest BCUT2D eigenvalue weighted by molar-refractivity contribution is 7.89. The Balaban J connectivity index is 2.10. The Bertz CT molecular complexity index is 710. The number of fused-ring (bicyclic) bond motifs is 1. The van der Waals surface area contributed by atoms with Crippen molar-refractivity contribution in [1.82, 2.24) is 14.1 Å². The van der Waals surface area contributed by atoms with Gasteiger partial charge in [-0.25, -0.2) is 18.1 Å². The number of rotatable bonds is 3. The number of halogens is 1. The fraction of sp³-hybridized carbons (Fsp3) is 0.364. The number of hydrogen-bond donors (Lipinski definition) is 1. The number of aromatic nitrogens is 2. The van der Waals surface area contributed by atoms with Gasteiger partial charge in [0.1, 0.15) is 5.65 Å². The molecule has 3 rings (SSSR count). The topological polar surface area (TPSA) is 63.5 Å². The molecule has 0 saturated heterocycles. The van der Waals surface area contributed by atoms with Crippen LogP contribution in [-0.2, 0) is 10.0 Å². The zero-order valence-electron chi connectivity index (χ0n) is 9.67. The molecule has 5 nitrogen and oxygen atoms in total. The van der Waals surface area contributed by atoms with E-state index in [0.717, 1.165) is 6.42 Å². The van der Waals surface area contributed by atoms with Gasteiger partial charge >= 0.3 is 0 Å². The molecule has 0 amide bonds. The van der Waals surface area contributed by atoms with Crippen LogP contribution in [0.15, 0.2) is 29.4 Å². The van der Waals surface area contributed by atoms with E-state index >= 15 is 0 Å². The van der Waals surface area contributed by atoms with Crippen LogP contribution < -0.4 is 4.72 Å². The quantitative estimate of drug-likeness (QED) is 0.933. The normalized spacial score (nSPS) is 23.4. The number of hydrogen-bond acceptors (Lipinski definition) is 3. The highest BCUT2D eigenvalue weighted by Gasteiger charge is 2.38. The molecule has 2 unspecified atom stereocenters. The zero-order chi connectivity index (χ0) is 12.9. The Morgan fingerprint density at radius 3 is 2.89 bits per heavy atom. The van der Waals surface area contributed by atoms with E-state index in [1.54, 1.807) is 24.4 Å². The maximum atomic E-state index is 12.3. The summed E-state index contributed by atoms with van der Waals surface area (Å²) in [5.41, 5.74) is 0.520. The second kappa shape index (κ2) is 3.94. The summed E-state index contributed by atoms with van der Waals surface area (Å²) in [6, 6.07) is 5.25. The molecule has 0 radical (unpaired) electrons. The number of imidazole rings is 1. The summed E-state index contributed by atoms with van der Waals surface area (Å²) in [6.07, 6.45) is 2.51. The van der Waals surface area contributed by atoms with Gasteiger partial charge in [-0.1, -0.05) is 24.6 Å². The average Bonchev–Trinajstić information content (AvgIpc) is 2.85. The van der Waals surface area contributed by atoms with E-state index in [-0.39, 0.29) is 16.2 Å². The van der Waals surface area contributed by atoms with Gasteiger partial charge in [-0.15, -0.1) is 0 Å². The summed E-state index contributed by atoms with van der Waals surface area (Å²) in [4.78, 5) is 4.04. The van der Waals surface area contributed by atoms with Crippen LogP contribution in [0.2, 0.25) is 5.15 Å². The third-order valence-electron chi connectivity index (χ3n) is 3.12. The molecule has 1 aliphatic carbocycles. The van der Waals surface area contributed by atoms with Crippen LogP contribution in [0.4, 0.5) is 0 Å². The van der Waals surface area contributed by atoms with Gasteiger partial charge in [0, 0.05) is 12.2 Å². The van der Waals surface area contributed by atoms with Gasteiger partial charge in [-0.05, 0) is 24.5 Å². The fourth-order valence-corrected chi connectivity index (χ4v) is 3.93. The SMILES string of the molecule is CC1CC1NS(=O)(=O)c1c(Cl)nc2ccccn12. The Hall–Kier alpha value is -1.11. The third kappa shape index (κ3) is 1.90. The van der Waals surface area contributed by atoms with Crippen LogP contribution in [0.25, 0.3) is 5.65 Å². The molecule has 0 aliphatic heterocycles. The lowest BCUT2D eigenvalue weighted by Crippen LogP contribution is -2.28. The highest BCUT2D eigenvalue weighted by Crippen LogP contribution is 2.32. The second-order valence-electron chi connectivity index (χ2n) is 4.58. The minimum absolute atomic E-state index is 0.00185. The van der Waals surface area contributed by atoms with Crippen molar-refractivity contribution in [3.8, 4) is 0 Å². The van der Waals surface area contributed by atoms with Crippen molar-refractivity contribution in [3.63, 3.8) is 0 Å². The first-order valence-corrected chi connectivity index (χ1v) is 7.50. The van der Waals surface area contributed by atoms with Crippen molar-refractivity contribution < 1.29 is 8.42 Å². The average molecular weight is 286 g/mol. The molecule has 2 atom stereocenters. The molecular weight excluding hydrogens is 274 g/mol. The number of pyridine rings is 1. The molecule has 0 aromatic carbocycles. The summed E-state index contributed by atoms with van der Waals surface area (Å²) in [6.45, 7) is 2.00. The van der Waals surface area contributed by atoms with Gasteiger partial charge in [0.2, 0.25) is 0 Å². The van der Waals surface area contributed by atoms with Crippen LogP contribution in [0, 0.1) is 5.92 Å². The Kier molecular flexibility index (Phi) is 2.62. The van der Waals surface area contributed by atoms with E-state index in [9.17, 15) is 8.42 Å². The summed E-state index contributed by atoms with van der Waals surface area (Å²) < 4.78 is 28.7. The van der Waals surface area contributed by atoms with Crippen LogP contribution in [0.1, 0.15) is 13.3 Å². The van der Waals surface area contributed by atoms with Crippen molar-refractivity contribution >= 4 is 27.3 Å². The number of nitrogens with one attached hydrogen (secondary N) is 1. The van der Waals surface area contributed by atoms with E-state index in [1.165, 1.54) is 4.40 Å². The molecule has 96 valence electrons. The van der Waals surface area contributed by atoms with E-state index < -0.39 is 10.0 Å². The molecule has 1 fully saturated rings. The summed E-state index contributed by atoms with van der Waals surface area (Å²) >= 11 is 5.94. The lowest BCUT2D eigenvalue weighted by Gasteiger charge is -2.05. The van der Waals surface area contributed by atoms with Gasteiger partial charge in [0.15, 0.2) is 10.2 Å². The maximum absolute atomic E-state index is 12.3. The predicted octanol–water partition coefficient (Wildman–Crippen LogP) is 1.67. The summed E-state index contributed by atoms with van der Waals surface area (Å²) in [7, 11) is -3.63. The van der Waals surface area contributed by atoms with E-state index in [0.29, 0.717) is 11.6 Å². The molecule has 0 spiro atoms. The van der Waals surface area contributed by atoms with Gasteiger partial charge in [0.05, 0.1) is 0 Å². The lowest BCUT2D eigenvalue weighted by atomic mass is 10.5. The maximum Gasteiger partial charge on any atom is 0.260 e. The van der Waals surface area contributed by atoms with E-state index in [4.69, 9.17) is 11.6 Å². The van der Waals surface area contributed by atoms with Crippen molar-refractivity contribution in [3.05, 3.63) is 29.5 Å². The first-order chi connectivity index (χ1) is 8.49. The Labute approximate surface area is 110 Å². The molecule has 1 saturated carbocycles. The Morgan fingerprint density at radius 2 is 2.22 bits per heavy atom. The van der Waals surface area contributed by atoms with Gasteiger partial charge < -0.3 is 0 Å². The second-order valence-corrected chi connectivity index (χ2v) is 6.56. The number of sulfonamides is 1. The minimum atomic E-state index is -3.63. The first kappa shape index (κ1) is 12.0. The van der Waals surface area contributed by atoms with Gasteiger partial charge in [0.25, 0.3) is 10.0 Å². The zero-order valence-corrected chi connectivity index (χ0v) is 11.2. The summed E-state index contributed by atoms with van der Waals surface area (Å²) in [5.74, 6) is 0.387. The smallest absolute Gasteiger partial charge is 0.260 e. The molecule has 18 heavy (non-hydrogen) atoms. The van der Waals surface area contributed by atoms with Crippen molar-refractivity contribution in [2.75, 3.05) is 0 Å². The highest BCUT2D eigenvalue weighted by atomic mass is 35.5. The fourth-order valence-electron chi connectivity index (χ4n) is 1.93. The van der Waals surface area contributed by atoms with Gasteiger partial charge in [-0.3, -0.25) is 4.40 Å². The molecule has 2 aromatic heterocycles. The molecule has 2 heterocycles. The van der Waals surface area contributed by atoms with E-state index in [2.05, 4.69) is 9.71 Å². The molecule has 1 N–H and O–H groups in total. The number of nitrogens with zero attached hydrogens (tertiary/aromatic N) is 2. The molecular formula is C11H12ClN3O2S. The molecule has 0 bridgehead atoms. The van der Waals surface area contributed by atoms with Crippen molar-refractivity contribution in [1.29, 1.82) is 0 Å². The Morgan fingerprint density at radius 1 is 1.50 bits per heavy atom. The van der Waals surface area contributed by atoms with Crippen LogP contribution in [-0.4, -0.2) is 23.8 Å². The van der Waals surface area contributed by atoms with Gasteiger partial charge in [-0.2, -0.15) is 0 Å². The first-order valence-electron chi connectivity index (χ1n) is 5.64. The van der Waals surface area contributed by atoms with E-state index in [1.807, 2.05) is 6.92 Å². The summed E-state index contributed by atoms with van der Waals surface area (Å²) in [5, 5.41) is 0.0147. The minimum Gasteiger partial charge on any atom is -0.288 e. The molecule has 1 aliphatic rings. The third-order valence-corrected chi connectivity index (χ3v) is 5.00. The standard InChI is InChI=1S/C11H12ClN3O2S/c1-7-6-8(7)14-18(16,17)11-10(12)13-9-4-2-3-5-15(9)11/h2-5,7-8,14H,6H2,1H3. The largest absolute Gasteiger partial charge is 0.288 e. The van der Waals surface area contributed by atoms with Crippen molar-refractivity contribution in [2.24, 2.45) is 5.92 Å².